The fourth-order valence-corrected chi connectivity index (χ4v) is 3.33. The molecule has 0 aromatic heterocycles. The summed E-state index contributed by atoms with van der Waals surface area (Å²) in [4.78, 5) is 13.1. The molecular formula is C22H14Cl2O2. The van der Waals surface area contributed by atoms with Gasteiger partial charge in [0.1, 0.15) is 5.75 Å². The number of ketones is 1. The van der Waals surface area contributed by atoms with Gasteiger partial charge < -0.3 is 4.74 Å². The van der Waals surface area contributed by atoms with E-state index < -0.39 is 6.10 Å². The lowest BCUT2D eigenvalue weighted by atomic mass is 9.89. The lowest BCUT2D eigenvalue weighted by Gasteiger charge is -2.28. The quantitative estimate of drug-likeness (QED) is 0.481. The zero-order valence-electron chi connectivity index (χ0n) is 13.7. The molecule has 128 valence electrons. The molecule has 1 aliphatic heterocycles. The summed E-state index contributed by atoms with van der Waals surface area (Å²) in [5.74, 6) is 0.546. The van der Waals surface area contributed by atoms with Gasteiger partial charge in [0.2, 0.25) is 0 Å². The summed E-state index contributed by atoms with van der Waals surface area (Å²) in [6.45, 7) is 0. The summed E-state index contributed by atoms with van der Waals surface area (Å²) in [6.07, 6.45) is 1.34. The van der Waals surface area contributed by atoms with Gasteiger partial charge in [0.25, 0.3) is 0 Å². The van der Waals surface area contributed by atoms with Gasteiger partial charge in [0.15, 0.2) is 11.9 Å². The van der Waals surface area contributed by atoms with Crippen molar-refractivity contribution in [2.45, 2.75) is 6.10 Å². The third kappa shape index (κ3) is 3.14. The molecule has 26 heavy (non-hydrogen) atoms. The standard InChI is InChI=1S/C22H14Cl2O2/c23-18-11-10-14(13-19(18)24)12-17-21(25)16-8-4-5-9-20(16)26-22(17)15-6-2-1-3-7-15/h1-13,22H/b17-12-. The molecule has 0 saturated carbocycles. The molecule has 1 atom stereocenters. The van der Waals surface area contributed by atoms with Crippen molar-refractivity contribution in [3.8, 4) is 5.75 Å². The van der Waals surface area contributed by atoms with Crippen LogP contribution in [0.5, 0.6) is 5.75 Å². The second-order valence-electron chi connectivity index (χ2n) is 6.01. The minimum Gasteiger partial charge on any atom is -0.480 e. The van der Waals surface area contributed by atoms with Crippen molar-refractivity contribution >= 4 is 35.1 Å². The van der Waals surface area contributed by atoms with E-state index >= 15 is 0 Å². The topological polar surface area (TPSA) is 26.3 Å². The first-order chi connectivity index (χ1) is 12.6. The van der Waals surface area contributed by atoms with Crippen molar-refractivity contribution in [2.24, 2.45) is 0 Å². The van der Waals surface area contributed by atoms with Crippen LogP contribution < -0.4 is 4.74 Å². The van der Waals surface area contributed by atoms with Crippen molar-refractivity contribution < 1.29 is 9.53 Å². The molecule has 0 amide bonds. The molecule has 0 radical (unpaired) electrons. The number of ether oxygens (including phenoxy) is 1. The molecule has 1 aliphatic rings. The molecule has 4 heteroatoms. The first-order valence-corrected chi connectivity index (χ1v) is 8.91. The molecular weight excluding hydrogens is 367 g/mol. The van der Waals surface area contributed by atoms with Crippen LogP contribution in [0, 0.1) is 0 Å². The number of hydrogen-bond donors (Lipinski definition) is 0. The van der Waals surface area contributed by atoms with Gasteiger partial charge in [-0.3, -0.25) is 4.79 Å². The van der Waals surface area contributed by atoms with Crippen molar-refractivity contribution in [3.63, 3.8) is 0 Å². The van der Waals surface area contributed by atoms with Gasteiger partial charge in [-0.2, -0.15) is 0 Å². The third-order valence-corrected chi connectivity index (χ3v) is 5.03. The number of halogens is 2. The van der Waals surface area contributed by atoms with Crippen LogP contribution >= 0.6 is 23.2 Å². The lowest BCUT2D eigenvalue weighted by molar-refractivity contribution is 0.0963. The monoisotopic (exact) mass is 380 g/mol. The maximum atomic E-state index is 13.1. The van der Waals surface area contributed by atoms with Crippen LogP contribution in [0.25, 0.3) is 6.08 Å². The highest BCUT2D eigenvalue weighted by molar-refractivity contribution is 6.42. The van der Waals surface area contributed by atoms with E-state index in [-0.39, 0.29) is 5.78 Å². The van der Waals surface area contributed by atoms with Gasteiger partial charge in [-0.1, -0.05) is 71.7 Å². The highest BCUT2D eigenvalue weighted by atomic mass is 35.5. The molecule has 3 aromatic carbocycles. The average molecular weight is 381 g/mol. The maximum Gasteiger partial charge on any atom is 0.196 e. The van der Waals surface area contributed by atoms with Crippen LogP contribution in [0.15, 0.2) is 78.4 Å². The van der Waals surface area contributed by atoms with Crippen LogP contribution in [0.2, 0.25) is 10.0 Å². The van der Waals surface area contributed by atoms with Crippen LogP contribution in [-0.2, 0) is 0 Å². The van der Waals surface area contributed by atoms with Gasteiger partial charge in [-0.15, -0.1) is 0 Å². The van der Waals surface area contributed by atoms with E-state index in [0.29, 0.717) is 26.9 Å². The predicted octanol–water partition coefficient (Wildman–Crippen LogP) is 6.39. The Morgan fingerprint density at radius 3 is 2.35 bits per heavy atom. The number of para-hydroxylation sites is 1. The minimum atomic E-state index is -0.479. The smallest absolute Gasteiger partial charge is 0.196 e. The van der Waals surface area contributed by atoms with Crippen molar-refractivity contribution in [1.82, 2.24) is 0 Å². The highest BCUT2D eigenvalue weighted by Gasteiger charge is 2.32. The largest absolute Gasteiger partial charge is 0.480 e. The number of hydrogen-bond acceptors (Lipinski definition) is 2. The van der Waals surface area contributed by atoms with E-state index in [1.165, 1.54) is 0 Å². The number of rotatable bonds is 2. The Bertz CT molecular complexity index is 1010. The van der Waals surface area contributed by atoms with E-state index in [9.17, 15) is 4.79 Å². The van der Waals surface area contributed by atoms with Gasteiger partial charge in [0.05, 0.1) is 15.6 Å². The van der Waals surface area contributed by atoms with Crippen LogP contribution in [0.1, 0.15) is 27.6 Å². The fourth-order valence-electron chi connectivity index (χ4n) is 3.02. The third-order valence-electron chi connectivity index (χ3n) is 4.29. The number of Topliss-reactive ketones (excluding diaryl/α,β-unsaturated/α-hetero) is 1. The summed E-state index contributed by atoms with van der Waals surface area (Å²) >= 11 is 12.1. The zero-order valence-corrected chi connectivity index (χ0v) is 15.2. The minimum absolute atomic E-state index is 0.0493. The Morgan fingerprint density at radius 1 is 0.846 bits per heavy atom. The summed E-state index contributed by atoms with van der Waals surface area (Å²) in [7, 11) is 0. The molecule has 1 heterocycles. The molecule has 0 aliphatic carbocycles. The normalized spacial score (nSPS) is 17.7. The Hall–Kier alpha value is -2.55. The van der Waals surface area contributed by atoms with Gasteiger partial charge in [-0.25, -0.2) is 0 Å². The van der Waals surface area contributed by atoms with Gasteiger partial charge in [-0.05, 0) is 41.5 Å². The first-order valence-electron chi connectivity index (χ1n) is 8.15. The lowest BCUT2D eigenvalue weighted by Crippen LogP contribution is -2.23. The van der Waals surface area contributed by atoms with Gasteiger partial charge >= 0.3 is 0 Å². The second kappa shape index (κ2) is 6.99. The summed E-state index contributed by atoms with van der Waals surface area (Å²) in [5, 5.41) is 0.923. The Morgan fingerprint density at radius 2 is 1.58 bits per heavy atom. The van der Waals surface area contributed by atoms with Crippen molar-refractivity contribution in [1.29, 1.82) is 0 Å². The van der Waals surface area contributed by atoms with E-state index in [0.717, 1.165) is 11.1 Å². The van der Waals surface area contributed by atoms with Crippen molar-refractivity contribution in [2.75, 3.05) is 0 Å². The van der Waals surface area contributed by atoms with E-state index in [4.69, 9.17) is 27.9 Å². The summed E-state index contributed by atoms with van der Waals surface area (Å²) in [5.41, 5.74) is 2.84. The predicted molar refractivity (Wildman–Crippen MR) is 105 cm³/mol. The van der Waals surface area contributed by atoms with Gasteiger partial charge in [0, 0.05) is 5.57 Å². The summed E-state index contributed by atoms with van der Waals surface area (Å²) < 4.78 is 6.18. The molecule has 2 nitrogen and oxygen atoms in total. The Kier molecular flexibility index (Phi) is 4.54. The number of carbonyl (C=O) groups excluding carboxylic acids is 1. The molecule has 1 unspecified atom stereocenters. The average Bonchev–Trinajstić information content (AvgIpc) is 2.67. The van der Waals surface area contributed by atoms with E-state index in [2.05, 4.69) is 0 Å². The fraction of sp³-hybridized carbons (Fsp3) is 0.0455. The van der Waals surface area contributed by atoms with E-state index in [1.54, 1.807) is 18.2 Å². The number of fused-ring (bicyclic) bond motifs is 1. The van der Waals surface area contributed by atoms with Crippen molar-refractivity contribution in [3.05, 3.63) is 105 Å². The molecule has 4 rings (SSSR count). The number of benzene rings is 3. The van der Waals surface area contributed by atoms with Crippen LogP contribution in [-0.4, -0.2) is 5.78 Å². The molecule has 0 fully saturated rings. The molecule has 0 bridgehead atoms. The molecule has 0 N–H and O–H groups in total. The summed E-state index contributed by atoms with van der Waals surface area (Å²) in [6, 6.07) is 22.3. The maximum absolute atomic E-state index is 13.1. The molecule has 0 spiro atoms. The first kappa shape index (κ1) is 16.9. The zero-order chi connectivity index (χ0) is 18.1. The Balaban J connectivity index is 1.86. The van der Waals surface area contributed by atoms with Crippen LogP contribution in [0.3, 0.4) is 0 Å². The number of carbonyl (C=O) groups is 1. The SMILES string of the molecule is O=C1/C(=C/c2ccc(Cl)c(Cl)c2)C(c2ccccc2)Oc2ccccc21. The molecule has 3 aromatic rings. The second-order valence-corrected chi connectivity index (χ2v) is 6.82. The highest BCUT2D eigenvalue weighted by Crippen LogP contribution is 2.39. The Labute approximate surface area is 161 Å². The van der Waals surface area contributed by atoms with Crippen LogP contribution in [0.4, 0.5) is 0 Å². The molecule has 0 saturated heterocycles. The van der Waals surface area contributed by atoms with E-state index in [1.807, 2.05) is 60.7 Å².